The molecule has 0 saturated heterocycles. The van der Waals surface area contributed by atoms with Gasteiger partial charge in [0.2, 0.25) is 0 Å². The number of hydrogen-bond donors (Lipinski definition) is 1. The molecule has 0 aliphatic heterocycles. The molecular formula is C16H27N3. The summed E-state index contributed by atoms with van der Waals surface area (Å²) in [5.41, 5.74) is 1.32. The van der Waals surface area contributed by atoms with Crippen LogP contribution in [-0.4, -0.2) is 24.6 Å². The Morgan fingerprint density at radius 3 is 2.84 bits per heavy atom. The van der Waals surface area contributed by atoms with Crippen molar-refractivity contribution in [1.82, 2.24) is 10.3 Å². The first-order valence-corrected chi connectivity index (χ1v) is 7.65. The molecule has 19 heavy (non-hydrogen) atoms. The highest BCUT2D eigenvalue weighted by molar-refractivity contribution is 5.48. The fourth-order valence-electron chi connectivity index (χ4n) is 2.98. The summed E-state index contributed by atoms with van der Waals surface area (Å²) in [6.07, 6.45) is 8.42. The average molecular weight is 261 g/mol. The monoisotopic (exact) mass is 261 g/mol. The number of hydrogen-bond acceptors (Lipinski definition) is 3. The third-order valence-electron chi connectivity index (χ3n) is 4.19. The molecule has 0 spiro atoms. The maximum atomic E-state index is 4.64. The Hall–Kier alpha value is -1.09. The molecule has 0 amide bonds. The Bertz CT molecular complexity index is 385. The van der Waals surface area contributed by atoms with Crippen LogP contribution >= 0.6 is 0 Å². The van der Waals surface area contributed by atoms with Crippen molar-refractivity contribution in [3.8, 4) is 0 Å². The third-order valence-corrected chi connectivity index (χ3v) is 4.19. The molecular weight excluding hydrogens is 234 g/mol. The van der Waals surface area contributed by atoms with E-state index in [4.69, 9.17) is 0 Å². The van der Waals surface area contributed by atoms with Crippen LogP contribution in [0.15, 0.2) is 18.3 Å². The molecule has 1 unspecified atom stereocenters. The van der Waals surface area contributed by atoms with Gasteiger partial charge >= 0.3 is 0 Å². The maximum absolute atomic E-state index is 4.64. The standard InChI is InChI=1S/C16H27N3/c1-4-11-17-13(2)15-10-7-12-18-16(15)19(3)14-8-5-6-9-14/h7,10,12-14,17H,4-6,8-9,11H2,1-3H3. The fourth-order valence-corrected chi connectivity index (χ4v) is 2.98. The lowest BCUT2D eigenvalue weighted by atomic mass is 10.1. The maximum Gasteiger partial charge on any atom is 0.133 e. The van der Waals surface area contributed by atoms with Gasteiger partial charge in [0.05, 0.1) is 0 Å². The lowest BCUT2D eigenvalue weighted by Gasteiger charge is -2.29. The van der Waals surface area contributed by atoms with Crippen molar-refractivity contribution in [3.63, 3.8) is 0 Å². The summed E-state index contributed by atoms with van der Waals surface area (Å²) in [5, 5.41) is 3.57. The molecule has 1 aromatic heterocycles. The van der Waals surface area contributed by atoms with E-state index in [1.165, 1.54) is 37.7 Å². The zero-order valence-corrected chi connectivity index (χ0v) is 12.5. The molecule has 1 aromatic rings. The number of nitrogens with zero attached hydrogens (tertiary/aromatic N) is 2. The number of pyridine rings is 1. The zero-order chi connectivity index (χ0) is 13.7. The molecule has 1 saturated carbocycles. The van der Waals surface area contributed by atoms with Crippen molar-refractivity contribution in [2.24, 2.45) is 0 Å². The molecule has 1 atom stereocenters. The highest BCUT2D eigenvalue weighted by Crippen LogP contribution is 2.30. The summed E-state index contributed by atoms with van der Waals surface area (Å²) in [6, 6.07) is 5.30. The smallest absolute Gasteiger partial charge is 0.133 e. The predicted octanol–water partition coefficient (Wildman–Crippen LogP) is 3.52. The van der Waals surface area contributed by atoms with E-state index >= 15 is 0 Å². The van der Waals surface area contributed by atoms with Gasteiger partial charge in [-0.3, -0.25) is 0 Å². The average Bonchev–Trinajstić information content (AvgIpc) is 2.98. The largest absolute Gasteiger partial charge is 0.356 e. The summed E-state index contributed by atoms with van der Waals surface area (Å²) in [6.45, 7) is 5.50. The number of aromatic nitrogens is 1. The predicted molar refractivity (Wildman–Crippen MR) is 81.6 cm³/mol. The second-order valence-electron chi connectivity index (χ2n) is 5.64. The molecule has 1 N–H and O–H groups in total. The van der Waals surface area contributed by atoms with Gasteiger partial charge in [0, 0.05) is 30.9 Å². The minimum absolute atomic E-state index is 0.368. The van der Waals surface area contributed by atoms with Gasteiger partial charge in [-0.2, -0.15) is 0 Å². The van der Waals surface area contributed by atoms with Gasteiger partial charge in [0.1, 0.15) is 5.82 Å². The Labute approximate surface area is 117 Å². The Balaban J connectivity index is 2.14. The van der Waals surface area contributed by atoms with E-state index in [0.29, 0.717) is 12.1 Å². The molecule has 0 bridgehead atoms. The molecule has 1 aliphatic rings. The van der Waals surface area contributed by atoms with Crippen LogP contribution in [0.3, 0.4) is 0 Å². The summed E-state index contributed by atoms with van der Waals surface area (Å²) in [5.74, 6) is 1.16. The first-order valence-electron chi connectivity index (χ1n) is 7.65. The van der Waals surface area contributed by atoms with E-state index in [9.17, 15) is 0 Å². The van der Waals surface area contributed by atoms with Crippen LogP contribution in [0, 0.1) is 0 Å². The van der Waals surface area contributed by atoms with E-state index < -0.39 is 0 Å². The van der Waals surface area contributed by atoms with Gasteiger partial charge in [0.15, 0.2) is 0 Å². The van der Waals surface area contributed by atoms with Crippen molar-refractivity contribution < 1.29 is 0 Å². The van der Waals surface area contributed by atoms with Gasteiger partial charge in [-0.05, 0) is 38.8 Å². The highest BCUT2D eigenvalue weighted by Gasteiger charge is 2.23. The van der Waals surface area contributed by atoms with Crippen LogP contribution < -0.4 is 10.2 Å². The van der Waals surface area contributed by atoms with Crippen molar-refractivity contribution in [2.45, 2.75) is 58.0 Å². The Kier molecular flexibility index (Phi) is 5.20. The molecule has 106 valence electrons. The second-order valence-corrected chi connectivity index (χ2v) is 5.64. The minimum atomic E-state index is 0.368. The van der Waals surface area contributed by atoms with Gasteiger partial charge < -0.3 is 10.2 Å². The van der Waals surface area contributed by atoms with Crippen LogP contribution in [-0.2, 0) is 0 Å². The fraction of sp³-hybridized carbons (Fsp3) is 0.688. The van der Waals surface area contributed by atoms with E-state index in [1.54, 1.807) is 0 Å². The number of rotatable bonds is 6. The quantitative estimate of drug-likeness (QED) is 0.849. The van der Waals surface area contributed by atoms with E-state index in [1.807, 2.05) is 12.3 Å². The highest BCUT2D eigenvalue weighted by atomic mass is 15.2. The van der Waals surface area contributed by atoms with Crippen molar-refractivity contribution in [1.29, 1.82) is 0 Å². The third kappa shape index (κ3) is 3.47. The van der Waals surface area contributed by atoms with E-state index in [2.05, 4.69) is 42.2 Å². The van der Waals surface area contributed by atoms with Crippen LogP contribution in [0.25, 0.3) is 0 Å². The van der Waals surface area contributed by atoms with Crippen LogP contribution in [0.4, 0.5) is 5.82 Å². The Morgan fingerprint density at radius 1 is 1.42 bits per heavy atom. The lowest BCUT2D eigenvalue weighted by molar-refractivity contribution is 0.562. The Morgan fingerprint density at radius 2 is 2.16 bits per heavy atom. The van der Waals surface area contributed by atoms with Crippen molar-refractivity contribution in [2.75, 3.05) is 18.5 Å². The summed E-state index contributed by atoms with van der Waals surface area (Å²) >= 11 is 0. The van der Waals surface area contributed by atoms with Gasteiger partial charge in [-0.1, -0.05) is 25.8 Å². The lowest BCUT2D eigenvalue weighted by Crippen LogP contribution is -2.32. The van der Waals surface area contributed by atoms with Crippen LogP contribution in [0.1, 0.15) is 57.6 Å². The first kappa shape index (κ1) is 14.3. The van der Waals surface area contributed by atoms with Crippen LogP contribution in [0.2, 0.25) is 0 Å². The van der Waals surface area contributed by atoms with Gasteiger partial charge in [0.25, 0.3) is 0 Å². The minimum Gasteiger partial charge on any atom is -0.356 e. The van der Waals surface area contributed by atoms with Gasteiger partial charge in [-0.15, -0.1) is 0 Å². The van der Waals surface area contributed by atoms with Crippen LogP contribution in [0.5, 0.6) is 0 Å². The normalized spacial score (nSPS) is 17.6. The summed E-state index contributed by atoms with van der Waals surface area (Å²) in [4.78, 5) is 7.03. The summed E-state index contributed by atoms with van der Waals surface area (Å²) in [7, 11) is 2.20. The van der Waals surface area contributed by atoms with E-state index in [0.717, 1.165) is 12.4 Å². The molecule has 0 aromatic carbocycles. The SMILES string of the molecule is CCCNC(C)c1cccnc1N(C)C1CCCC1. The molecule has 3 nitrogen and oxygen atoms in total. The molecule has 3 heteroatoms. The topological polar surface area (TPSA) is 28.2 Å². The molecule has 1 aliphatic carbocycles. The van der Waals surface area contributed by atoms with Crippen molar-refractivity contribution in [3.05, 3.63) is 23.9 Å². The molecule has 2 rings (SSSR count). The second kappa shape index (κ2) is 6.90. The molecule has 1 fully saturated rings. The molecule has 0 radical (unpaired) electrons. The first-order chi connectivity index (χ1) is 9.24. The summed E-state index contributed by atoms with van der Waals surface area (Å²) < 4.78 is 0. The van der Waals surface area contributed by atoms with Crippen molar-refractivity contribution >= 4 is 5.82 Å². The number of anilines is 1. The molecule has 1 heterocycles. The zero-order valence-electron chi connectivity index (χ0n) is 12.5. The number of nitrogens with one attached hydrogen (secondary N) is 1. The van der Waals surface area contributed by atoms with Gasteiger partial charge in [-0.25, -0.2) is 4.98 Å². The van der Waals surface area contributed by atoms with E-state index in [-0.39, 0.29) is 0 Å².